The molecule has 1 amide bonds. The molecule has 1 saturated heterocycles. The first-order valence-electron chi connectivity index (χ1n) is 5.51. The second kappa shape index (κ2) is 4.61. The van der Waals surface area contributed by atoms with E-state index >= 15 is 0 Å². The maximum Gasteiger partial charge on any atom is 0.273 e. The zero-order valence-corrected chi connectivity index (χ0v) is 9.68. The number of amides is 1. The summed E-state index contributed by atoms with van der Waals surface area (Å²) in [4.78, 5) is 14.0. The van der Waals surface area contributed by atoms with Gasteiger partial charge in [-0.1, -0.05) is 5.21 Å². The number of carbonyl (C=O) groups is 1. The first-order valence-corrected chi connectivity index (χ1v) is 5.51. The van der Waals surface area contributed by atoms with E-state index in [2.05, 4.69) is 27.6 Å². The molecule has 0 aliphatic carbocycles. The molecule has 16 heavy (non-hydrogen) atoms. The number of hydrogen-bond acceptors (Lipinski definition) is 4. The Balaban J connectivity index is 1.84. The highest BCUT2D eigenvalue weighted by atomic mass is 16.2. The van der Waals surface area contributed by atoms with Crippen LogP contribution in [0.15, 0.2) is 6.20 Å². The van der Waals surface area contributed by atoms with Crippen LogP contribution in [0.1, 0.15) is 23.3 Å². The van der Waals surface area contributed by atoms with E-state index in [9.17, 15) is 4.79 Å². The highest BCUT2D eigenvalue weighted by molar-refractivity contribution is 5.91. The first kappa shape index (κ1) is 11.1. The summed E-state index contributed by atoms with van der Waals surface area (Å²) in [6.45, 7) is 1.80. The van der Waals surface area contributed by atoms with Crippen molar-refractivity contribution in [2.75, 3.05) is 20.1 Å². The maximum absolute atomic E-state index is 11.7. The Bertz CT molecular complexity index is 375. The number of aryl methyl sites for hydroxylation is 1. The van der Waals surface area contributed by atoms with Crippen LogP contribution in [0.5, 0.6) is 0 Å². The van der Waals surface area contributed by atoms with Crippen molar-refractivity contribution in [2.45, 2.75) is 18.9 Å². The number of hydrogen-bond donors (Lipinski definition) is 1. The van der Waals surface area contributed by atoms with Crippen LogP contribution in [0.4, 0.5) is 0 Å². The molecule has 0 spiro atoms. The summed E-state index contributed by atoms with van der Waals surface area (Å²) in [5, 5.41) is 10.4. The van der Waals surface area contributed by atoms with Crippen LogP contribution in [-0.4, -0.2) is 52.0 Å². The molecule has 1 aromatic rings. The van der Waals surface area contributed by atoms with E-state index in [-0.39, 0.29) is 5.91 Å². The molecule has 1 aliphatic heterocycles. The van der Waals surface area contributed by atoms with Crippen molar-refractivity contribution in [3.8, 4) is 0 Å². The molecule has 1 unspecified atom stereocenters. The van der Waals surface area contributed by atoms with Gasteiger partial charge < -0.3 is 10.2 Å². The van der Waals surface area contributed by atoms with Gasteiger partial charge in [-0.15, -0.1) is 5.10 Å². The Labute approximate surface area is 94.6 Å². The minimum absolute atomic E-state index is 0.145. The van der Waals surface area contributed by atoms with Gasteiger partial charge in [0, 0.05) is 19.6 Å². The molecule has 0 bridgehead atoms. The Hall–Kier alpha value is -1.43. The predicted octanol–water partition coefficient (Wildman–Crippen LogP) is -0.361. The van der Waals surface area contributed by atoms with E-state index in [1.54, 1.807) is 13.2 Å². The van der Waals surface area contributed by atoms with Crippen LogP contribution < -0.4 is 5.32 Å². The fourth-order valence-electron chi connectivity index (χ4n) is 1.99. The van der Waals surface area contributed by atoms with Crippen molar-refractivity contribution in [1.82, 2.24) is 25.2 Å². The van der Waals surface area contributed by atoms with Crippen molar-refractivity contribution in [3.63, 3.8) is 0 Å². The summed E-state index contributed by atoms with van der Waals surface area (Å²) in [7, 11) is 3.83. The van der Waals surface area contributed by atoms with Crippen molar-refractivity contribution in [3.05, 3.63) is 11.9 Å². The molecular weight excluding hydrogens is 206 g/mol. The third kappa shape index (κ3) is 2.38. The summed E-state index contributed by atoms with van der Waals surface area (Å²) < 4.78 is 1.52. The number of nitrogens with one attached hydrogen (secondary N) is 1. The van der Waals surface area contributed by atoms with E-state index in [0.717, 1.165) is 13.0 Å². The molecule has 1 atom stereocenters. The van der Waals surface area contributed by atoms with Gasteiger partial charge in [-0.2, -0.15) is 0 Å². The number of carbonyl (C=O) groups excluding carboxylic acids is 1. The van der Waals surface area contributed by atoms with E-state index < -0.39 is 0 Å². The number of likely N-dealkylation sites (tertiary alicyclic amines) is 1. The highest BCUT2D eigenvalue weighted by Gasteiger charge is 2.21. The smallest absolute Gasteiger partial charge is 0.273 e. The van der Waals surface area contributed by atoms with E-state index in [1.807, 2.05) is 0 Å². The predicted molar refractivity (Wildman–Crippen MR) is 59.0 cm³/mol. The quantitative estimate of drug-likeness (QED) is 0.760. The van der Waals surface area contributed by atoms with Crippen LogP contribution >= 0.6 is 0 Å². The van der Waals surface area contributed by atoms with Crippen LogP contribution in [0.3, 0.4) is 0 Å². The van der Waals surface area contributed by atoms with E-state index in [0.29, 0.717) is 18.3 Å². The minimum Gasteiger partial charge on any atom is -0.349 e. The molecule has 1 aromatic heterocycles. The van der Waals surface area contributed by atoms with Gasteiger partial charge in [0.15, 0.2) is 5.69 Å². The zero-order valence-electron chi connectivity index (χ0n) is 9.68. The minimum atomic E-state index is -0.145. The van der Waals surface area contributed by atoms with Crippen molar-refractivity contribution in [1.29, 1.82) is 0 Å². The Kier molecular flexibility index (Phi) is 3.19. The van der Waals surface area contributed by atoms with E-state index in [1.165, 1.54) is 11.1 Å². The van der Waals surface area contributed by atoms with Gasteiger partial charge in [0.2, 0.25) is 0 Å². The molecule has 6 nitrogen and oxygen atoms in total. The fraction of sp³-hybridized carbons (Fsp3) is 0.700. The lowest BCUT2D eigenvalue weighted by atomic mass is 10.2. The summed E-state index contributed by atoms with van der Waals surface area (Å²) in [6, 6.07) is 0.459. The average Bonchev–Trinajstić information content (AvgIpc) is 2.84. The Morgan fingerprint density at radius 1 is 1.62 bits per heavy atom. The molecule has 1 N–H and O–H groups in total. The SMILES string of the molecule is CN1CCCC1CNC(=O)c1cn(C)nn1. The average molecular weight is 223 g/mol. The molecule has 1 aliphatic rings. The molecule has 1 fully saturated rings. The third-order valence-corrected chi connectivity index (χ3v) is 3.01. The summed E-state index contributed by atoms with van der Waals surface area (Å²) in [6.07, 6.45) is 3.98. The van der Waals surface area contributed by atoms with Gasteiger partial charge in [-0.05, 0) is 26.4 Å². The van der Waals surface area contributed by atoms with Gasteiger partial charge in [0.05, 0.1) is 6.20 Å². The molecule has 6 heteroatoms. The van der Waals surface area contributed by atoms with Crippen molar-refractivity contribution >= 4 is 5.91 Å². The van der Waals surface area contributed by atoms with Crippen LogP contribution in [0.2, 0.25) is 0 Å². The number of nitrogens with zero attached hydrogens (tertiary/aromatic N) is 4. The lowest BCUT2D eigenvalue weighted by Gasteiger charge is -2.19. The molecular formula is C10H17N5O. The van der Waals surface area contributed by atoms with Crippen molar-refractivity contribution < 1.29 is 4.79 Å². The standard InChI is InChI=1S/C10H17N5O/c1-14-5-3-4-8(14)6-11-10(16)9-7-15(2)13-12-9/h7-8H,3-6H2,1-2H3,(H,11,16). The first-order chi connectivity index (χ1) is 7.66. The lowest BCUT2D eigenvalue weighted by molar-refractivity contribution is 0.0938. The molecule has 2 heterocycles. The van der Waals surface area contributed by atoms with Gasteiger partial charge in [0.1, 0.15) is 0 Å². The molecule has 88 valence electrons. The monoisotopic (exact) mass is 223 g/mol. The lowest BCUT2D eigenvalue weighted by Crippen LogP contribution is -2.38. The van der Waals surface area contributed by atoms with Gasteiger partial charge in [0.25, 0.3) is 5.91 Å². The normalized spacial score (nSPS) is 21.2. The number of likely N-dealkylation sites (N-methyl/N-ethyl adjacent to an activating group) is 1. The second-order valence-corrected chi connectivity index (χ2v) is 4.26. The number of aromatic nitrogens is 3. The largest absolute Gasteiger partial charge is 0.349 e. The maximum atomic E-state index is 11.7. The van der Waals surface area contributed by atoms with E-state index in [4.69, 9.17) is 0 Å². The highest BCUT2D eigenvalue weighted by Crippen LogP contribution is 2.13. The topological polar surface area (TPSA) is 63.1 Å². The summed E-state index contributed by atoms with van der Waals surface area (Å²) >= 11 is 0. The third-order valence-electron chi connectivity index (χ3n) is 3.01. The van der Waals surface area contributed by atoms with Gasteiger partial charge >= 0.3 is 0 Å². The molecule has 2 rings (SSSR count). The van der Waals surface area contributed by atoms with Crippen LogP contribution in [0.25, 0.3) is 0 Å². The molecule has 0 saturated carbocycles. The van der Waals surface area contributed by atoms with Crippen LogP contribution in [-0.2, 0) is 7.05 Å². The molecule has 0 aromatic carbocycles. The number of rotatable bonds is 3. The summed E-state index contributed by atoms with van der Waals surface area (Å²) in [5.74, 6) is -0.145. The van der Waals surface area contributed by atoms with Gasteiger partial charge in [-0.3, -0.25) is 9.48 Å². The fourth-order valence-corrected chi connectivity index (χ4v) is 1.99. The molecule has 0 radical (unpaired) electrons. The van der Waals surface area contributed by atoms with Crippen LogP contribution in [0, 0.1) is 0 Å². The van der Waals surface area contributed by atoms with Crippen molar-refractivity contribution in [2.24, 2.45) is 7.05 Å². The second-order valence-electron chi connectivity index (χ2n) is 4.26. The Morgan fingerprint density at radius 2 is 2.44 bits per heavy atom. The Morgan fingerprint density at radius 3 is 3.00 bits per heavy atom. The summed E-state index contributed by atoms with van der Waals surface area (Å²) in [5.41, 5.74) is 0.378. The zero-order chi connectivity index (χ0) is 11.5. The van der Waals surface area contributed by atoms with Gasteiger partial charge in [-0.25, -0.2) is 0 Å².